The fourth-order valence-electron chi connectivity index (χ4n) is 4.31. The summed E-state index contributed by atoms with van der Waals surface area (Å²) in [5, 5.41) is 5.66. The van der Waals surface area contributed by atoms with Gasteiger partial charge >= 0.3 is 0 Å². The van der Waals surface area contributed by atoms with E-state index in [2.05, 4.69) is 28.2 Å². The van der Waals surface area contributed by atoms with Gasteiger partial charge < -0.3 is 9.80 Å². The van der Waals surface area contributed by atoms with Crippen molar-refractivity contribution in [2.24, 2.45) is 0 Å². The Morgan fingerprint density at radius 1 is 0.963 bits per heavy atom. The molecule has 5 nitrogen and oxygen atoms in total. The standard InChI is InChI=1S/C22H24N4O/c27-22-20-8-7-19(26-21-6-2-1-5-18(21)16-23-26)15-17(20)9-12-25(22)14-13-24-10-3-4-11-24/h1-2,5-8,15-16H,3-4,9-14H2. The fraction of sp³-hybridized carbons (Fsp3) is 0.364. The van der Waals surface area contributed by atoms with Gasteiger partial charge in [0.25, 0.3) is 5.91 Å². The molecule has 0 aliphatic carbocycles. The van der Waals surface area contributed by atoms with Gasteiger partial charge in [-0.2, -0.15) is 5.10 Å². The first-order valence-electron chi connectivity index (χ1n) is 9.87. The van der Waals surface area contributed by atoms with Gasteiger partial charge in [-0.25, -0.2) is 4.68 Å². The van der Waals surface area contributed by atoms with Gasteiger partial charge in [-0.3, -0.25) is 4.79 Å². The average Bonchev–Trinajstić information content (AvgIpc) is 3.37. The van der Waals surface area contributed by atoms with Gasteiger partial charge in [-0.15, -0.1) is 0 Å². The Bertz CT molecular complexity index is 987. The normalized spacial score (nSPS) is 17.6. The van der Waals surface area contributed by atoms with Crippen LogP contribution in [0, 0.1) is 0 Å². The van der Waals surface area contributed by atoms with E-state index in [9.17, 15) is 4.79 Å². The van der Waals surface area contributed by atoms with Crippen LogP contribution in [0.2, 0.25) is 0 Å². The molecule has 0 bridgehead atoms. The van der Waals surface area contributed by atoms with Gasteiger partial charge in [-0.05, 0) is 62.2 Å². The maximum atomic E-state index is 12.9. The Morgan fingerprint density at radius 3 is 2.70 bits per heavy atom. The van der Waals surface area contributed by atoms with E-state index in [0.29, 0.717) is 0 Å². The van der Waals surface area contributed by atoms with E-state index >= 15 is 0 Å². The van der Waals surface area contributed by atoms with E-state index < -0.39 is 0 Å². The summed E-state index contributed by atoms with van der Waals surface area (Å²) in [5.74, 6) is 0.173. The van der Waals surface area contributed by atoms with Gasteiger partial charge in [0.05, 0.1) is 17.4 Å². The third-order valence-electron chi connectivity index (χ3n) is 5.86. The number of fused-ring (bicyclic) bond motifs is 2. The topological polar surface area (TPSA) is 41.4 Å². The number of para-hydroxylation sites is 1. The maximum absolute atomic E-state index is 12.9. The zero-order valence-electron chi connectivity index (χ0n) is 15.5. The predicted molar refractivity (Wildman–Crippen MR) is 106 cm³/mol. The number of carbonyl (C=O) groups is 1. The van der Waals surface area contributed by atoms with Crippen molar-refractivity contribution in [1.82, 2.24) is 19.6 Å². The molecule has 0 saturated carbocycles. The SMILES string of the molecule is O=C1c2ccc(-n3ncc4ccccc43)cc2CCN1CCN1CCCC1. The van der Waals surface area contributed by atoms with Crippen LogP contribution in [0.25, 0.3) is 16.6 Å². The first-order chi connectivity index (χ1) is 13.3. The number of carbonyl (C=O) groups excluding carboxylic acids is 1. The number of rotatable bonds is 4. The summed E-state index contributed by atoms with van der Waals surface area (Å²) in [6, 6.07) is 14.3. The van der Waals surface area contributed by atoms with Gasteiger partial charge in [0.2, 0.25) is 0 Å². The first kappa shape index (κ1) is 16.5. The Kier molecular flexibility index (Phi) is 4.17. The van der Waals surface area contributed by atoms with Gasteiger partial charge in [-0.1, -0.05) is 18.2 Å². The molecule has 0 radical (unpaired) electrons. The Labute approximate surface area is 159 Å². The lowest BCUT2D eigenvalue weighted by Crippen LogP contribution is -2.42. The van der Waals surface area contributed by atoms with Crippen LogP contribution in [0.1, 0.15) is 28.8 Å². The lowest BCUT2D eigenvalue weighted by Gasteiger charge is -2.30. The largest absolute Gasteiger partial charge is 0.337 e. The van der Waals surface area contributed by atoms with Crippen LogP contribution in [0.3, 0.4) is 0 Å². The number of hydrogen-bond donors (Lipinski definition) is 0. The highest BCUT2D eigenvalue weighted by molar-refractivity contribution is 5.97. The molecule has 27 heavy (non-hydrogen) atoms. The van der Waals surface area contributed by atoms with Crippen LogP contribution >= 0.6 is 0 Å². The summed E-state index contributed by atoms with van der Waals surface area (Å²) in [7, 11) is 0. The molecule has 3 aromatic rings. The molecule has 2 aromatic carbocycles. The van der Waals surface area contributed by atoms with Crippen LogP contribution in [0.4, 0.5) is 0 Å². The quantitative estimate of drug-likeness (QED) is 0.718. The molecule has 5 heteroatoms. The molecule has 2 aliphatic heterocycles. The van der Waals surface area contributed by atoms with E-state index in [1.54, 1.807) is 0 Å². The fourth-order valence-corrected chi connectivity index (χ4v) is 4.31. The van der Waals surface area contributed by atoms with Crippen molar-refractivity contribution >= 4 is 16.8 Å². The molecule has 3 heterocycles. The third-order valence-corrected chi connectivity index (χ3v) is 5.86. The van der Waals surface area contributed by atoms with Crippen molar-refractivity contribution < 1.29 is 4.79 Å². The third kappa shape index (κ3) is 3.02. The summed E-state index contributed by atoms with van der Waals surface area (Å²) in [5.41, 5.74) is 4.09. The molecule has 1 fully saturated rings. The van der Waals surface area contributed by atoms with Crippen molar-refractivity contribution in [3.8, 4) is 5.69 Å². The highest BCUT2D eigenvalue weighted by Gasteiger charge is 2.25. The van der Waals surface area contributed by atoms with Crippen LogP contribution in [-0.2, 0) is 6.42 Å². The minimum Gasteiger partial charge on any atom is -0.337 e. The molecule has 0 unspecified atom stereocenters. The van der Waals surface area contributed by atoms with E-state index in [0.717, 1.165) is 53.8 Å². The summed E-state index contributed by atoms with van der Waals surface area (Å²) >= 11 is 0. The Morgan fingerprint density at radius 2 is 1.81 bits per heavy atom. The maximum Gasteiger partial charge on any atom is 0.254 e. The molecule has 0 spiro atoms. The first-order valence-corrected chi connectivity index (χ1v) is 9.87. The minimum atomic E-state index is 0.173. The summed E-state index contributed by atoms with van der Waals surface area (Å²) in [4.78, 5) is 17.4. The predicted octanol–water partition coefficient (Wildman–Crippen LogP) is 3.12. The monoisotopic (exact) mass is 360 g/mol. The van der Waals surface area contributed by atoms with E-state index in [4.69, 9.17) is 0 Å². The number of amides is 1. The van der Waals surface area contributed by atoms with Crippen molar-refractivity contribution in [3.63, 3.8) is 0 Å². The summed E-state index contributed by atoms with van der Waals surface area (Å²) in [6.07, 6.45) is 5.39. The molecular formula is C22H24N4O. The van der Waals surface area contributed by atoms with Crippen molar-refractivity contribution in [2.45, 2.75) is 19.3 Å². The molecule has 1 saturated heterocycles. The van der Waals surface area contributed by atoms with Crippen LogP contribution in [-0.4, -0.2) is 58.2 Å². The van der Waals surface area contributed by atoms with Crippen molar-refractivity contribution in [1.29, 1.82) is 0 Å². The smallest absolute Gasteiger partial charge is 0.254 e. The highest BCUT2D eigenvalue weighted by atomic mass is 16.2. The van der Waals surface area contributed by atoms with Crippen LogP contribution in [0.15, 0.2) is 48.7 Å². The van der Waals surface area contributed by atoms with Gasteiger partial charge in [0.1, 0.15) is 0 Å². The van der Waals surface area contributed by atoms with Crippen LogP contribution in [0.5, 0.6) is 0 Å². The zero-order chi connectivity index (χ0) is 18.2. The average molecular weight is 360 g/mol. The minimum absolute atomic E-state index is 0.173. The number of hydrogen-bond acceptors (Lipinski definition) is 3. The van der Waals surface area contributed by atoms with Crippen LogP contribution < -0.4 is 0 Å². The van der Waals surface area contributed by atoms with Gasteiger partial charge in [0, 0.05) is 30.6 Å². The number of benzene rings is 2. The Balaban J connectivity index is 1.38. The Hall–Kier alpha value is -2.66. The van der Waals surface area contributed by atoms with E-state index in [1.165, 1.54) is 25.9 Å². The van der Waals surface area contributed by atoms with E-state index in [1.807, 2.05) is 40.0 Å². The molecule has 2 aliphatic rings. The lowest BCUT2D eigenvalue weighted by molar-refractivity contribution is 0.0724. The van der Waals surface area contributed by atoms with Crippen molar-refractivity contribution in [2.75, 3.05) is 32.7 Å². The second-order valence-electron chi connectivity index (χ2n) is 7.55. The summed E-state index contributed by atoms with van der Waals surface area (Å²) in [6.45, 7) is 5.00. The summed E-state index contributed by atoms with van der Waals surface area (Å²) < 4.78 is 1.96. The molecule has 1 aromatic heterocycles. The molecule has 1 amide bonds. The second kappa shape index (κ2) is 6.82. The van der Waals surface area contributed by atoms with Crippen molar-refractivity contribution in [3.05, 3.63) is 59.8 Å². The van der Waals surface area contributed by atoms with Gasteiger partial charge in [0.15, 0.2) is 0 Å². The number of nitrogens with zero attached hydrogens (tertiary/aromatic N) is 4. The lowest BCUT2D eigenvalue weighted by atomic mass is 9.98. The molecule has 138 valence electrons. The molecule has 5 rings (SSSR count). The number of aromatic nitrogens is 2. The second-order valence-corrected chi connectivity index (χ2v) is 7.55. The molecule has 0 N–H and O–H groups in total. The molecular weight excluding hydrogens is 336 g/mol. The number of likely N-dealkylation sites (tertiary alicyclic amines) is 1. The zero-order valence-corrected chi connectivity index (χ0v) is 15.5. The highest BCUT2D eigenvalue weighted by Crippen LogP contribution is 2.24. The van der Waals surface area contributed by atoms with E-state index in [-0.39, 0.29) is 5.91 Å². The molecule has 0 atom stereocenters.